The number of carboxylic acid groups (broad SMARTS) is 1. The molecule has 0 radical (unpaired) electrons. The minimum Gasteiger partial charge on any atom is -0.480 e. The van der Waals surface area contributed by atoms with Crippen molar-refractivity contribution >= 4 is 12.2 Å². The summed E-state index contributed by atoms with van der Waals surface area (Å²) in [5.41, 5.74) is 5.31. The van der Waals surface area contributed by atoms with Gasteiger partial charge in [0.05, 0.1) is 6.54 Å². The van der Waals surface area contributed by atoms with Gasteiger partial charge in [0.1, 0.15) is 6.04 Å². The molecule has 5 nitrogen and oxygen atoms in total. The lowest BCUT2D eigenvalue weighted by atomic mass is 10.1. The second-order valence-corrected chi connectivity index (χ2v) is 2.87. The molecule has 0 rings (SSSR count). The average molecular weight is 199 g/mol. The first-order chi connectivity index (χ1) is 6.67. The largest absolute Gasteiger partial charge is 0.480 e. The molecule has 0 aliphatic rings. The van der Waals surface area contributed by atoms with Crippen LogP contribution in [0.2, 0.25) is 0 Å². The lowest BCUT2D eigenvalue weighted by Crippen LogP contribution is -2.38. The van der Waals surface area contributed by atoms with Gasteiger partial charge in [-0.1, -0.05) is 6.58 Å². The molecule has 0 aromatic heterocycles. The number of carbonyl (C=O) groups is 1. The third-order valence-electron chi connectivity index (χ3n) is 1.90. The van der Waals surface area contributed by atoms with Crippen LogP contribution < -0.4 is 5.73 Å². The monoisotopic (exact) mass is 199 g/mol. The Morgan fingerprint density at radius 1 is 1.71 bits per heavy atom. The molecule has 0 aromatic carbocycles. The molecular formula is C9H17N3O2. The Morgan fingerprint density at radius 3 is 2.71 bits per heavy atom. The van der Waals surface area contributed by atoms with Crippen molar-refractivity contribution in [1.29, 1.82) is 5.41 Å². The van der Waals surface area contributed by atoms with Crippen molar-refractivity contribution in [2.75, 3.05) is 13.1 Å². The van der Waals surface area contributed by atoms with E-state index in [9.17, 15) is 4.79 Å². The summed E-state index contributed by atoms with van der Waals surface area (Å²) in [6.07, 6.45) is 3.73. The molecule has 4 N–H and O–H groups in total. The van der Waals surface area contributed by atoms with Gasteiger partial charge in [0, 0.05) is 6.21 Å². The third-order valence-corrected chi connectivity index (χ3v) is 1.90. The van der Waals surface area contributed by atoms with Crippen LogP contribution in [0.4, 0.5) is 0 Å². The molecule has 0 aliphatic heterocycles. The maximum atomic E-state index is 10.9. The van der Waals surface area contributed by atoms with Gasteiger partial charge in [0.15, 0.2) is 0 Å². The molecule has 0 aromatic rings. The topological polar surface area (TPSA) is 90.4 Å². The molecule has 0 amide bonds. The van der Waals surface area contributed by atoms with Crippen LogP contribution in [-0.4, -0.2) is 41.3 Å². The van der Waals surface area contributed by atoms with Gasteiger partial charge in [0.25, 0.3) is 0 Å². The van der Waals surface area contributed by atoms with E-state index in [0.717, 1.165) is 6.21 Å². The van der Waals surface area contributed by atoms with Gasteiger partial charge in [-0.25, -0.2) is 4.79 Å². The maximum absolute atomic E-state index is 10.9. The van der Waals surface area contributed by atoms with Crippen molar-refractivity contribution in [3.05, 3.63) is 12.8 Å². The first-order valence-corrected chi connectivity index (χ1v) is 4.47. The smallest absolute Gasteiger partial charge is 0.326 e. The Morgan fingerprint density at radius 2 is 2.36 bits per heavy atom. The van der Waals surface area contributed by atoms with Gasteiger partial charge in [-0.05, 0) is 25.6 Å². The molecule has 80 valence electrons. The van der Waals surface area contributed by atoms with Crippen LogP contribution in [0, 0.1) is 5.41 Å². The van der Waals surface area contributed by atoms with Gasteiger partial charge >= 0.3 is 5.97 Å². The molecule has 0 heterocycles. The molecular weight excluding hydrogens is 182 g/mol. The zero-order chi connectivity index (χ0) is 11.0. The molecule has 1 atom stereocenters. The predicted molar refractivity (Wildman–Crippen MR) is 55.4 cm³/mol. The molecule has 5 heteroatoms. The van der Waals surface area contributed by atoms with Crippen LogP contribution in [0.15, 0.2) is 12.8 Å². The molecule has 0 bridgehead atoms. The number of nitrogens with two attached hydrogens (primary N) is 1. The molecule has 0 spiro atoms. The lowest BCUT2D eigenvalue weighted by molar-refractivity contribution is -0.142. The standard InChI is InChI=1S/C9H17N3O2/c1-2-12(7-6-11)8(9(13)14)4-3-5-10/h2,6,8,11H,1,3-5,7,10H2,(H,13,14)/t8-/m0/s1. The van der Waals surface area contributed by atoms with E-state index in [1.54, 1.807) is 0 Å². The SMILES string of the molecule is C=CN(CC=N)[C@@H](CCCN)C(=O)O. The molecule has 14 heavy (non-hydrogen) atoms. The lowest BCUT2D eigenvalue weighted by Gasteiger charge is -2.25. The van der Waals surface area contributed by atoms with Gasteiger partial charge < -0.3 is 21.1 Å². The highest BCUT2D eigenvalue weighted by atomic mass is 16.4. The Kier molecular flexibility index (Phi) is 6.39. The van der Waals surface area contributed by atoms with Gasteiger partial charge in [0.2, 0.25) is 0 Å². The summed E-state index contributed by atoms with van der Waals surface area (Å²) in [6, 6.07) is -0.627. The van der Waals surface area contributed by atoms with Crippen molar-refractivity contribution in [2.45, 2.75) is 18.9 Å². The number of carboxylic acids is 1. The second-order valence-electron chi connectivity index (χ2n) is 2.87. The quantitative estimate of drug-likeness (QED) is 0.489. The van der Waals surface area contributed by atoms with Crippen LogP contribution in [0.1, 0.15) is 12.8 Å². The number of rotatable bonds is 8. The normalized spacial score (nSPS) is 11.8. The van der Waals surface area contributed by atoms with Crippen molar-refractivity contribution in [3.63, 3.8) is 0 Å². The Hall–Kier alpha value is -1.36. The van der Waals surface area contributed by atoms with E-state index >= 15 is 0 Å². The van der Waals surface area contributed by atoms with Gasteiger partial charge in [-0.2, -0.15) is 0 Å². The summed E-state index contributed by atoms with van der Waals surface area (Å²) in [6.45, 7) is 4.26. The van der Waals surface area contributed by atoms with Crippen LogP contribution in [0.3, 0.4) is 0 Å². The van der Waals surface area contributed by atoms with E-state index < -0.39 is 12.0 Å². The summed E-state index contributed by atoms with van der Waals surface area (Å²) >= 11 is 0. The second kappa shape index (κ2) is 7.08. The highest BCUT2D eigenvalue weighted by molar-refractivity contribution is 5.74. The summed E-state index contributed by atoms with van der Waals surface area (Å²) in [5, 5.41) is 15.8. The zero-order valence-corrected chi connectivity index (χ0v) is 8.15. The van der Waals surface area contributed by atoms with Crippen LogP contribution >= 0.6 is 0 Å². The van der Waals surface area contributed by atoms with E-state index in [4.69, 9.17) is 16.2 Å². The zero-order valence-electron chi connectivity index (χ0n) is 8.15. The number of hydrogen-bond donors (Lipinski definition) is 3. The summed E-state index contributed by atoms with van der Waals surface area (Å²) in [4.78, 5) is 12.4. The van der Waals surface area contributed by atoms with Crippen LogP contribution in [-0.2, 0) is 4.79 Å². The first kappa shape index (κ1) is 12.6. The van der Waals surface area contributed by atoms with E-state index in [2.05, 4.69) is 6.58 Å². The number of nitrogens with zero attached hydrogens (tertiary/aromatic N) is 1. The van der Waals surface area contributed by atoms with Crippen molar-refractivity contribution in [1.82, 2.24) is 4.90 Å². The Bertz CT molecular complexity index is 206. The average Bonchev–Trinajstić information content (AvgIpc) is 2.16. The third kappa shape index (κ3) is 4.04. The van der Waals surface area contributed by atoms with Crippen molar-refractivity contribution in [3.8, 4) is 0 Å². The van der Waals surface area contributed by atoms with Gasteiger partial charge in [-0.3, -0.25) is 0 Å². The Balaban J connectivity index is 4.34. The number of aliphatic carboxylic acids is 1. The highest BCUT2D eigenvalue weighted by Crippen LogP contribution is 2.06. The molecule has 0 aliphatic carbocycles. The van der Waals surface area contributed by atoms with Crippen molar-refractivity contribution < 1.29 is 9.90 Å². The van der Waals surface area contributed by atoms with Crippen LogP contribution in [0.5, 0.6) is 0 Å². The molecule has 0 saturated carbocycles. The maximum Gasteiger partial charge on any atom is 0.326 e. The fraction of sp³-hybridized carbons (Fsp3) is 0.556. The Labute approximate surface area is 83.7 Å². The van der Waals surface area contributed by atoms with E-state index in [1.165, 1.54) is 11.1 Å². The van der Waals surface area contributed by atoms with E-state index in [0.29, 0.717) is 19.4 Å². The summed E-state index contributed by atoms with van der Waals surface area (Å²) < 4.78 is 0. The fourth-order valence-electron chi connectivity index (χ4n) is 1.18. The predicted octanol–water partition coefficient (Wildman–Crippen LogP) is 0.274. The summed E-state index contributed by atoms with van der Waals surface area (Å²) in [7, 11) is 0. The molecule has 0 saturated heterocycles. The fourth-order valence-corrected chi connectivity index (χ4v) is 1.18. The minimum atomic E-state index is -0.903. The summed E-state index contributed by atoms with van der Waals surface area (Å²) in [5.74, 6) is -0.903. The van der Waals surface area contributed by atoms with Crippen LogP contribution in [0.25, 0.3) is 0 Å². The number of hydrogen-bond acceptors (Lipinski definition) is 4. The highest BCUT2D eigenvalue weighted by Gasteiger charge is 2.21. The molecule has 0 fully saturated rings. The van der Waals surface area contributed by atoms with Gasteiger partial charge in [-0.15, -0.1) is 0 Å². The first-order valence-electron chi connectivity index (χ1n) is 4.47. The minimum absolute atomic E-state index is 0.269. The van der Waals surface area contributed by atoms with E-state index in [-0.39, 0.29) is 6.54 Å². The van der Waals surface area contributed by atoms with E-state index in [1.807, 2.05) is 0 Å². The number of nitrogens with one attached hydrogen (secondary N) is 1. The molecule has 0 unspecified atom stereocenters. The van der Waals surface area contributed by atoms with Crippen molar-refractivity contribution in [2.24, 2.45) is 5.73 Å².